The van der Waals surface area contributed by atoms with E-state index < -0.39 is 0 Å². The molecule has 0 atom stereocenters. The molecule has 0 aliphatic heterocycles. The quantitative estimate of drug-likeness (QED) is 0.472. The number of hydrogen-bond acceptors (Lipinski definition) is 0. The van der Waals surface area contributed by atoms with Gasteiger partial charge in [-0.1, -0.05) is 33.4 Å². The lowest BCUT2D eigenvalue weighted by molar-refractivity contribution is 0.754. The van der Waals surface area contributed by atoms with Crippen LogP contribution in [0.2, 0.25) is 0 Å². The van der Waals surface area contributed by atoms with Gasteiger partial charge in [-0.15, -0.1) is 0 Å². The summed E-state index contributed by atoms with van der Waals surface area (Å²) in [4.78, 5) is 0. The fourth-order valence-electron chi connectivity index (χ4n) is 2.89. The Morgan fingerprint density at radius 2 is 0.500 bits per heavy atom. The summed E-state index contributed by atoms with van der Waals surface area (Å²) in [6.07, 6.45) is 8.20. The first-order valence-corrected chi connectivity index (χ1v) is 4.99. The van der Waals surface area contributed by atoms with Gasteiger partial charge in [-0.2, -0.15) is 0 Å². The van der Waals surface area contributed by atoms with Gasteiger partial charge in [0.05, 0.1) is 0 Å². The summed E-state index contributed by atoms with van der Waals surface area (Å²) in [6, 6.07) is 0. The van der Waals surface area contributed by atoms with Gasteiger partial charge in [0.1, 0.15) is 0 Å². The van der Waals surface area contributed by atoms with E-state index >= 15 is 0 Å². The van der Waals surface area contributed by atoms with Crippen molar-refractivity contribution < 1.29 is 0 Å². The summed E-state index contributed by atoms with van der Waals surface area (Å²) in [5.74, 6) is 0. The zero-order valence-electron chi connectivity index (χ0n) is 7.24. The number of hydrogen-bond donors (Lipinski definition) is 0. The molecular formula is C12H12. The van der Waals surface area contributed by atoms with Crippen LogP contribution in [0.25, 0.3) is 0 Å². The lowest BCUT2D eigenvalue weighted by atomic mass is 9.75. The molecule has 0 aromatic rings. The van der Waals surface area contributed by atoms with Gasteiger partial charge in [0.2, 0.25) is 0 Å². The maximum Gasteiger partial charge on any atom is -0.00962 e. The standard InChI is InChI=1S/C12H12/c1-7-2-8(1)10-5-12(6-10)11-3-9(7)4-11/h1-6H2. The van der Waals surface area contributed by atoms with Gasteiger partial charge >= 0.3 is 0 Å². The summed E-state index contributed by atoms with van der Waals surface area (Å²) >= 11 is 0. The van der Waals surface area contributed by atoms with Crippen LogP contribution in [0.4, 0.5) is 0 Å². The van der Waals surface area contributed by atoms with Gasteiger partial charge in [-0.05, 0) is 38.5 Å². The third kappa shape index (κ3) is 0.502. The summed E-state index contributed by atoms with van der Waals surface area (Å²) in [5, 5.41) is 0. The van der Waals surface area contributed by atoms with Gasteiger partial charge in [0.15, 0.2) is 0 Å². The highest BCUT2D eigenvalue weighted by Crippen LogP contribution is 2.54. The molecule has 0 nitrogen and oxygen atoms in total. The first-order valence-electron chi connectivity index (χ1n) is 4.99. The molecule has 0 N–H and O–H groups in total. The zero-order chi connectivity index (χ0) is 7.71. The van der Waals surface area contributed by atoms with Crippen LogP contribution in [-0.2, 0) is 0 Å². The number of allylic oxidation sites excluding steroid dienone is 6. The van der Waals surface area contributed by atoms with E-state index in [4.69, 9.17) is 0 Å². The Hall–Kier alpha value is -0.780. The van der Waals surface area contributed by atoms with Crippen LogP contribution in [-0.4, -0.2) is 0 Å². The molecule has 0 heterocycles. The van der Waals surface area contributed by atoms with Gasteiger partial charge in [0.25, 0.3) is 0 Å². The summed E-state index contributed by atoms with van der Waals surface area (Å²) in [5.41, 5.74) is 10.8. The van der Waals surface area contributed by atoms with E-state index in [1.165, 1.54) is 38.5 Å². The molecule has 0 aromatic heterocycles. The van der Waals surface area contributed by atoms with Crippen molar-refractivity contribution in [1.82, 2.24) is 0 Å². The molecule has 0 spiro atoms. The Labute approximate surface area is 72.7 Å². The summed E-state index contributed by atoms with van der Waals surface area (Å²) in [7, 11) is 0. The van der Waals surface area contributed by atoms with Crippen molar-refractivity contribution in [2.24, 2.45) is 0 Å². The van der Waals surface area contributed by atoms with E-state index in [9.17, 15) is 0 Å². The van der Waals surface area contributed by atoms with Gasteiger partial charge in [-0.3, -0.25) is 0 Å². The number of rotatable bonds is 0. The predicted molar refractivity (Wildman–Crippen MR) is 48.8 cm³/mol. The predicted octanol–water partition coefficient (Wildman–Crippen LogP) is 3.27. The molecule has 12 heavy (non-hydrogen) atoms. The fourth-order valence-corrected chi connectivity index (χ4v) is 2.89. The highest BCUT2D eigenvalue weighted by Gasteiger charge is 2.35. The van der Waals surface area contributed by atoms with Crippen molar-refractivity contribution in [2.75, 3.05) is 0 Å². The van der Waals surface area contributed by atoms with Crippen LogP contribution >= 0.6 is 0 Å². The molecule has 7 aliphatic rings. The molecule has 7 rings (SSSR count). The lowest BCUT2D eigenvalue weighted by Crippen LogP contribution is -2.11. The van der Waals surface area contributed by atoms with Gasteiger partial charge in [-0.25, -0.2) is 0 Å². The Morgan fingerprint density at radius 1 is 0.333 bits per heavy atom. The molecule has 0 aromatic carbocycles. The molecule has 0 radical (unpaired) electrons. The van der Waals surface area contributed by atoms with Crippen molar-refractivity contribution in [3.63, 3.8) is 0 Å². The van der Waals surface area contributed by atoms with Gasteiger partial charge < -0.3 is 0 Å². The van der Waals surface area contributed by atoms with Crippen LogP contribution in [0.1, 0.15) is 38.5 Å². The van der Waals surface area contributed by atoms with E-state index in [-0.39, 0.29) is 0 Å². The minimum absolute atomic E-state index is 1.37. The first kappa shape index (κ1) is 5.80. The molecule has 0 saturated heterocycles. The maximum atomic E-state index is 1.80. The normalized spacial score (nSPS) is 30.0. The molecule has 3 fully saturated rings. The van der Waals surface area contributed by atoms with Crippen molar-refractivity contribution in [3.05, 3.63) is 33.4 Å². The van der Waals surface area contributed by atoms with E-state index in [0.29, 0.717) is 0 Å². The highest BCUT2D eigenvalue weighted by molar-refractivity contribution is 5.55. The van der Waals surface area contributed by atoms with E-state index in [0.717, 1.165) is 0 Å². The van der Waals surface area contributed by atoms with Crippen LogP contribution < -0.4 is 0 Å². The van der Waals surface area contributed by atoms with Crippen molar-refractivity contribution >= 4 is 0 Å². The topological polar surface area (TPSA) is 0 Å². The Morgan fingerprint density at radius 3 is 0.667 bits per heavy atom. The SMILES string of the molecule is C1C2=C3CC(=C4CC(=C1C2)C4)C3. The zero-order valence-corrected chi connectivity index (χ0v) is 7.24. The van der Waals surface area contributed by atoms with Crippen molar-refractivity contribution in [2.45, 2.75) is 38.5 Å². The average Bonchev–Trinajstić information content (AvgIpc) is 1.94. The molecule has 6 bridgehead atoms. The summed E-state index contributed by atoms with van der Waals surface area (Å²) in [6.45, 7) is 0. The van der Waals surface area contributed by atoms with Crippen molar-refractivity contribution in [1.29, 1.82) is 0 Å². The van der Waals surface area contributed by atoms with Crippen LogP contribution in [0.15, 0.2) is 33.4 Å². The average molecular weight is 156 g/mol. The van der Waals surface area contributed by atoms with E-state index in [1.54, 1.807) is 33.4 Å². The molecular weight excluding hydrogens is 144 g/mol. The second kappa shape index (κ2) is 1.61. The second-order valence-electron chi connectivity index (χ2n) is 4.68. The monoisotopic (exact) mass is 156 g/mol. The molecule has 7 aliphatic carbocycles. The lowest BCUT2D eigenvalue weighted by Gasteiger charge is -2.30. The minimum atomic E-state index is 1.37. The molecule has 0 amide bonds. The third-order valence-corrected chi connectivity index (χ3v) is 4.06. The van der Waals surface area contributed by atoms with Crippen LogP contribution in [0.3, 0.4) is 0 Å². The van der Waals surface area contributed by atoms with E-state index in [1.807, 2.05) is 0 Å². The van der Waals surface area contributed by atoms with Crippen LogP contribution in [0.5, 0.6) is 0 Å². The molecule has 0 heteroatoms. The van der Waals surface area contributed by atoms with Gasteiger partial charge in [0, 0.05) is 0 Å². The molecule has 3 saturated carbocycles. The fraction of sp³-hybridized carbons (Fsp3) is 0.500. The first-order chi connectivity index (χ1) is 5.90. The van der Waals surface area contributed by atoms with E-state index in [2.05, 4.69) is 0 Å². The Bertz CT molecular complexity index is 266. The molecule has 0 unspecified atom stereocenters. The van der Waals surface area contributed by atoms with Crippen LogP contribution in [0, 0.1) is 0 Å². The molecule has 60 valence electrons. The summed E-state index contributed by atoms with van der Waals surface area (Å²) < 4.78 is 0. The Balaban J connectivity index is 1.95. The highest BCUT2D eigenvalue weighted by atomic mass is 14.4. The third-order valence-electron chi connectivity index (χ3n) is 4.06. The van der Waals surface area contributed by atoms with Crippen molar-refractivity contribution in [3.8, 4) is 0 Å². The maximum absolute atomic E-state index is 1.80. The Kier molecular flexibility index (Phi) is 0.778. The minimum Gasteiger partial charge on any atom is -0.0622 e. The largest absolute Gasteiger partial charge is 0.0622 e. The second-order valence-corrected chi connectivity index (χ2v) is 4.68. The smallest absolute Gasteiger partial charge is 0.00962 e.